The molecule has 0 unspecified atom stereocenters. The number of nitrogens with zero attached hydrogens (tertiary/aromatic N) is 2. The highest BCUT2D eigenvalue weighted by molar-refractivity contribution is 8.00. The number of aliphatic hydroxyl groups is 1. The van der Waals surface area contributed by atoms with Gasteiger partial charge in [-0.15, -0.1) is 0 Å². The number of aromatic nitrogens is 1. The van der Waals surface area contributed by atoms with Gasteiger partial charge in [0.2, 0.25) is 11.8 Å². The lowest BCUT2D eigenvalue weighted by Gasteiger charge is -2.18. The minimum atomic E-state index is -0.523. The minimum Gasteiger partial charge on any atom is -0.496 e. The number of amides is 1. The number of nitrogens with one attached hydrogen (secondary N) is 1. The zero-order valence-corrected chi connectivity index (χ0v) is 15.6. The quantitative estimate of drug-likeness (QED) is 0.752. The maximum atomic E-state index is 11.8. The Morgan fingerprint density at radius 1 is 1.50 bits per heavy atom. The molecule has 7 nitrogen and oxygen atoms in total. The molecule has 0 aliphatic carbocycles. The van der Waals surface area contributed by atoms with E-state index < -0.39 is 6.61 Å². The number of pyridine rings is 1. The fourth-order valence-corrected chi connectivity index (χ4v) is 3.51. The standard InChI is InChI=1S/C17H18ClN3O4S/c1-24-14-3-2-12(18)7-15(14)26-20-13-6-11-9-21(16(23)10-22)4-5-25-17(11)19-8-13/h2-3,6-8,20,22H,4-5,9-10H2,1H3. The third-order valence-electron chi connectivity index (χ3n) is 3.78. The van der Waals surface area contributed by atoms with Crippen molar-refractivity contribution in [3.8, 4) is 11.6 Å². The Bertz CT molecular complexity index is 806. The first-order valence-electron chi connectivity index (χ1n) is 7.87. The molecular formula is C17H18ClN3O4S. The molecule has 0 saturated carbocycles. The largest absolute Gasteiger partial charge is 0.496 e. The highest BCUT2D eigenvalue weighted by Gasteiger charge is 2.20. The van der Waals surface area contributed by atoms with Gasteiger partial charge in [0.25, 0.3) is 0 Å². The average Bonchev–Trinajstić information content (AvgIpc) is 2.87. The first-order chi connectivity index (χ1) is 12.6. The lowest BCUT2D eigenvalue weighted by molar-refractivity contribution is -0.134. The van der Waals surface area contributed by atoms with Gasteiger partial charge in [0.15, 0.2) is 0 Å². The number of carbonyl (C=O) groups is 1. The first-order valence-corrected chi connectivity index (χ1v) is 9.07. The highest BCUT2D eigenvalue weighted by atomic mass is 35.5. The zero-order chi connectivity index (χ0) is 18.5. The maximum absolute atomic E-state index is 11.8. The fraction of sp³-hybridized carbons (Fsp3) is 0.294. The van der Waals surface area contributed by atoms with E-state index in [2.05, 4.69) is 9.71 Å². The van der Waals surface area contributed by atoms with Crippen molar-refractivity contribution in [3.63, 3.8) is 0 Å². The summed E-state index contributed by atoms with van der Waals surface area (Å²) in [6, 6.07) is 7.24. The van der Waals surface area contributed by atoms with Crippen molar-refractivity contribution in [2.24, 2.45) is 0 Å². The predicted molar refractivity (Wildman–Crippen MR) is 99.7 cm³/mol. The zero-order valence-electron chi connectivity index (χ0n) is 14.1. The molecule has 138 valence electrons. The molecule has 1 amide bonds. The van der Waals surface area contributed by atoms with E-state index in [1.165, 1.54) is 11.9 Å². The van der Waals surface area contributed by atoms with Crippen molar-refractivity contribution in [1.29, 1.82) is 0 Å². The number of hydrogen-bond acceptors (Lipinski definition) is 7. The molecule has 2 aromatic rings. The van der Waals surface area contributed by atoms with E-state index in [0.717, 1.165) is 16.1 Å². The second-order valence-corrected chi connectivity index (χ2v) is 6.79. The Morgan fingerprint density at radius 3 is 3.12 bits per heavy atom. The van der Waals surface area contributed by atoms with Crippen LogP contribution in [0.2, 0.25) is 5.02 Å². The van der Waals surface area contributed by atoms with Crippen LogP contribution in [0.5, 0.6) is 11.6 Å². The van der Waals surface area contributed by atoms with Gasteiger partial charge in [0.05, 0.1) is 37.0 Å². The molecule has 0 spiro atoms. The van der Waals surface area contributed by atoms with Crippen LogP contribution < -0.4 is 14.2 Å². The summed E-state index contributed by atoms with van der Waals surface area (Å²) in [5.41, 5.74) is 1.52. The van der Waals surface area contributed by atoms with E-state index in [9.17, 15) is 4.79 Å². The van der Waals surface area contributed by atoms with Gasteiger partial charge in [0, 0.05) is 10.6 Å². The number of methoxy groups -OCH3 is 1. The van der Waals surface area contributed by atoms with Crippen molar-refractivity contribution in [2.75, 3.05) is 31.6 Å². The molecule has 3 rings (SSSR count). The Hall–Kier alpha value is -2.16. The van der Waals surface area contributed by atoms with Crippen LogP contribution in [0.15, 0.2) is 35.4 Å². The minimum absolute atomic E-state index is 0.335. The smallest absolute Gasteiger partial charge is 0.248 e. The van der Waals surface area contributed by atoms with Gasteiger partial charge in [-0.1, -0.05) is 11.6 Å². The van der Waals surface area contributed by atoms with E-state index in [0.29, 0.717) is 36.3 Å². The Kier molecular flexibility index (Phi) is 6.08. The van der Waals surface area contributed by atoms with Gasteiger partial charge in [-0.05, 0) is 36.2 Å². The number of aliphatic hydroxyl groups excluding tert-OH is 1. The summed E-state index contributed by atoms with van der Waals surface area (Å²) in [5.74, 6) is 0.865. The molecule has 0 radical (unpaired) electrons. The van der Waals surface area contributed by atoms with Crippen molar-refractivity contribution >= 4 is 35.1 Å². The number of anilines is 1. The van der Waals surface area contributed by atoms with Crippen LogP contribution in [0, 0.1) is 0 Å². The number of carbonyl (C=O) groups excluding carboxylic acids is 1. The number of hydrogen-bond donors (Lipinski definition) is 2. The van der Waals surface area contributed by atoms with Crippen molar-refractivity contribution < 1.29 is 19.4 Å². The third-order valence-corrected chi connectivity index (χ3v) is 4.89. The molecule has 0 atom stereocenters. The molecule has 1 aliphatic heterocycles. The number of rotatable bonds is 5. The molecule has 2 N–H and O–H groups in total. The van der Waals surface area contributed by atoms with Gasteiger partial charge < -0.3 is 24.2 Å². The molecule has 9 heteroatoms. The normalized spacial score (nSPS) is 13.4. The topological polar surface area (TPSA) is 83.9 Å². The van der Waals surface area contributed by atoms with Crippen LogP contribution in [0.3, 0.4) is 0 Å². The predicted octanol–water partition coefficient (Wildman–Crippen LogP) is 2.58. The van der Waals surface area contributed by atoms with Crippen LogP contribution in [0.4, 0.5) is 5.69 Å². The number of ether oxygens (including phenoxy) is 2. The van der Waals surface area contributed by atoms with Gasteiger partial charge in [-0.2, -0.15) is 0 Å². The van der Waals surface area contributed by atoms with Crippen LogP contribution in [-0.4, -0.2) is 47.8 Å². The van der Waals surface area contributed by atoms with Crippen LogP contribution in [0.25, 0.3) is 0 Å². The van der Waals surface area contributed by atoms with E-state index >= 15 is 0 Å². The van der Waals surface area contributed by atoms with Crippen LogP contribution >= 0.6 is 23.5 Å². The van der Waals surface area contributed by atoms with Gasteiger partial charge >= 0.3 is 0 Å². The Balaban J connectivity index is 1.76. The number of fused-ring (bicyclic) bond motifs is 1. The summed E-state index contributed by atoms with van der Waals surface area (Å²) in [4.78, 5) is 18.5. The second-order valence-electron chi connectivity index (χ2n) is 5.51. The number of benzene rings is 1. The molecule has 2 heterocycles. The fourth-order valence-electron chi connectivity index (χ4n) is 2.49. The molecule has 1 aliphatic rings. The second kappa shape index (κ2) is 8.48. The first kappa shape index (κ1) is 18.6. The molecule has 1 aromatic carbocycles. The lowest BCUT2D eigenvalue weighted by Crippen LogP contribution is -2.34. The molecule has 26 heavy (non-hydrogen) atoms. The van der Waals surface area contributed by atoms with Gasteiger partial charge in [0.1, 0.15) is 19.0 Å². The van der Waals surface area contributed by atoms with E-state index in [1.54, 1.807) is 36.4 Å². The number of halogens is 1. The molecule has 0 fully saturated rings. The summed E-state index contributed by atoms with van der Waals surface area (Å²) in [7, 11) is 1.60. The maximum Gasteiger partial charge on any atom is 0.248 e. The summed E-state index contributed by atoms with van der Waals surface area (Å²) in [6.07, 6.45) is 1.66. The summed E-state index contributed by atoms with van der Waals surface area (Å²) < 4.78 is 14.1. The average molecular weight is 396 g/mol. The monoisotopic (exact) mass is 395 g/mol. The summed E-state index contributed by atoms with van der Waals surface area (Å²) in [5, 5.41) is 9.69. The van der Waals surface area contributed by atoms with Crippen molar-refractivity contribution in [1.82, 2.24) is 9.88 Å². The van der Waals surface area contributed by atoms with Gasteiger partial charge in [-0.25, -0.2) is 4.98 Å². The summed E-state index contributed by atoms with van der Waals surface area (Å²) in [6.45, 7) is 0.563. The van der Waals surface area contributed by atoms with E-state index in [4.69, 9.17) is 26.2 Å². The summed E-state index contributed by atoms with van der Waals surface area (Å²) >= 11 is 7.39. The van der Waals surface area contributed by atoms with Crippen LogP contribution in [-0.2, 0) is 11.3 Å². The lowest BCUT2D eigenvalue weighted by atomic mass is 10.2. The highest BCUT2D eigenvalue weighted by Crippen LogP contribution is 2.33. The Labute approximate surface area is 160 Å². The molecule has 0 saturated heterocycles. The molecule has 1 aromatic heterocycles. The van der Waals surface area contributed by atoms with Crippen LogP contribution in [0.1, 0.15) is 5.56 Å². The Morgan fingerprint density at radius 2 is 2.35 bits per heavy atom. The van der Waals surface area contributed by atoms with E-state index in [-0.39, 0.29) is 5.91 Å². The van der Waals surface area contributed by atoms with Gasteiger partial charge in [-0.3, -0.25) is 4.79 Å². The van der Waals surface area contributed by atoms with Crippen molar-refractivity contribution in [2.45, 2.75) is 11.4 Å². The molecular weight excluding hydrogens is 378 g/mol. The SMILES string of the molecule is COc1ccc(Cl)cc1SNc1cnc2c(c1)CN(C(=O)CO)CCO2. The van der Waals surface area contributed by atoms with Crippen molar-refractivity contribution in [3.05, 3.63) is 41.0 Å². The third kappa shape index (κ3) is 4.32. The van der Waals surface area contributed by atoms with E-state index in [1.807, 2.05) is 6.07 Å². The molecule has 0 bridgehead atoms.